The molecule has 0 atom stereocenters. The maximum Gasteiger partial charge on any atom is 0.253 e. The second-order valence-corrected chi connectivity index (χ2v) is 6.78. The number of aromatic nitrogens is 2. The van der Waals surface area contributed by atoms with Crippen LogP contribution in [0.3, 0.4) is 0 Å². The molecule has 148 valence electrons. The molecule has 3 rings (SSSR count). The Bertz CT molecular complexity index is 1000. The van der Waals surface area contributed by atoms with Gasteiger partial charge in [-0.15, -0.1) is 0 Å². The molecule has 0 bridgehead atoms. The number of hydrogen-bond acceptors (Lipinski definition) is 4. The van der Waals surface area contributed by atoms with Crippen LogP contribution in [0.15, 0.2) is 61.1 Å². The topological polar surface area (TPSA) is 75.2 Å². The molecule has 0 aliphatic rings. The Morgan fingerprint density at radius 1 is 1.10 bits per heavy atom. The molecule has 2 aromatic heterocycles. The van der Waals surface area contributed by atoms with Crippen molar-refractivity contribution in [3.63, 3.8) is 0 Å². The fourth-order valence-corrected chi connectivity index (χ4v) is 3.05. The smallest absolute Gasteiger partial charge is 0.253 e. The van der Waals surface area contributed by atoms with Gasteiger partial charge in [0, 0.05) is 49.9 Å². The minimum atomic E-state index is -0.181. The van der Waals surface area contributed by atoms with E-state index in [9.17, 15) is 9.59 Å². The lowest BCUT2D eigenvalue weighted by molar-refractivity contribution is -0.118. The lowest BCUT2D eigenvalue weighted by Crippen LogP contribution is -2.25. The minimum Gasteiger partial charge on any atom is -0.348 e. The first-order valence-electron chi connectivity index (χ1n) is 9.50. The number of anilines is 1. The molecule has 2 heterocycles. The predicted octanol–water partition coefficient (Wildman–Crippen LogP) is 3.75. The Morgan fingerprint density at radius 2 is 1.93 bits per heavy atom. The first-order valence-corrected chi connectivity index (χ1v) is 9.50. The maximum absolute atomic E-state index is 12.3. The van der Waals surface area contributed by atoms with Gasteiger partial charge in [-0.05, 0) is 48.4 Å². The number of nitrogens with zero attached hydrogens (tertiary/aromatic N) is 3. The van der Waals surface area contributed by atoms with Gasteiger partial charge in [-0.2, -0.15) is 0 Å². The second-order valence-electron chi connectivity index (χ2n) is 6.78. The number of nitrogens with one attached hydrogen (secondary N) is 1. The monoisotopic (exact) mass is 388 g/mol. The van der Waals surface area contributed by atoms with Gasteiger partial charge in [0.15, 0.2) is 0 Å². The largest absolute Gasteiger partial charge is 0.348 e. The van der Waals surface area contributed by atoms with Crippen LogP contribution in [0.4, 0.5) is 5.69 Å². The molecule has 2 amide bonds. The average Bonchev–Trinajstić information content (AvgIpc) is 2.77. The van der Waals surface area contributed by atoms with E-state index in [1.807, 2.05) is 50.2 Å². The molecule has 1 aromatic carbocycles. The van der Waals surface area contributed by atoms with Crippen LogP contribution >= 0.6 is 0 Å². The number of carbonyl (C=O) groups is 2. The van der Waals surface area contributed by atoms with Crippen molar-refractivity contribution in [1.29, 1.82) is 0 Å². The van der Waals surface area contributed by atoms with E-state index < -0.39 is 0 Å². The molecule has 6 heteroatoms. The van der Waals surface area contributed by atoms with E-state index >= 15 is 0 Å². The van der Waals surface area contributed by atoms with E-state index in [-0.39, 0.29) is 11.8 Å². The molecule has 6 nitrogen and oxygen atoms in total. The van der Waals surface area contributed by atoms with Gasteiger partial charge in [0.2, 0.25) is 5.91 Å². The zero-order chi connectivity index (χ0) is 20.8. The van der Waals surface area contributed by atoms with E-state index in [1.165, 1.54) is 0 Å². The molecule has 0 aliphatic heterocycles. The normalized spacial score (nSPS) is 10.4. The summed E-state index contributed by atoms with van der Waals surface area (Å²) in [5.74, 6) is -0.111. The lowest BCUT2D eigenvalue weighted by atomic mass is 10.0. The summed E-state index contributed by atoms with van der Waals surface area (Å²) in [6, 6.07) is 13.2. The fraction of sp³-hybridized carbons (Fsp3) is 0.217. The van der Waals surface area contributed by atoms with Crippen molar-refractivity contribution >= 4 is 17.5 Å². The molecular formula is C23H24N4O2. The highest BCUT2D eigenvalue weighted by Crippen LogP contribution is 2.26. The van der Waals surface area contributed by atoms with Crippen LogP contribution in [0.2, 0.25) is 0 Å². The van der Waals surface area contributed by atoms with Gasteiger partial charge >= 0.3 is 0 Å². The third-order valence-electron chi connectivity index (χ3n) is 4.73. The highest BCUT2D eigenvalue weighted by molar-refractivity contribution is 5.94. The maximum atomic E-state index is 12.3. The van der Waals surface area contributed by atoms with Crippen LogP contribution in [0, 0.1) is 6.92 Å². The predicted molar refractivity (Wildman–Crippen MR) is 114 cm³/mol. The van der Waals surface area contributed by atoms with E-state index in [2.05, 4.69) is 15.3 Å². The van der Waals surface area contributed by atoms with E-state index in [4.69, 9.17) is 0 Å². The Kier molecular flexibility index (Phi) is 6.34. The van der Waals surface area contributed by atoms with Crippen LogP contribution in [-0.2, 0) is 11.3 Å². The molecular weight excluding hydrogens is 364 g/mol. The Balaban J connectivity index is 1.70. The first-order chi connectivity index (χ1) is 14.0. The quantitative estimate of drug-likeness (QED) is 0.698. The molecule has 29 heavy (non-hydrogen) atoms. The van der Waals surface area contributed by atoms with E-state index in [0.29, 0.717) is 18.5 Å². The van der Waals surface area contributed by atoms with Gasteiger partial charge in [0.1, 0.15) is 0 Å². The summed E-state index contributed by atoms with van der Waals surface area (Å²) in [5.41, 5.74) is 5.02. The molecule has 0 fully saturated rings. The van der Waals surface area contributed by atoms with Crippen molar-refractivity contribution in [3.8, 4) is 11.3 Å². The number of benzene rings is 1. The summed E-state index contributed by atoms with van der Waals surface area (Å²) < 4.78 is 0. The summed E-state index contributed by atoms with van der Waals surface area (Å²) >= 11 is 0. The van der Waals surface area contributed by atoms with Gasteiger partial charge in [-0.1, -0.05) is 19.1 Å². The van der Waals surface area contributed by atoms with Gasteiger partial charge < -0.3 is 10.2 Å². The van der Waals surface area contributed by atoms with Crippen LogP contribution in [0.25, 0.3) is 11.3 Å². The third kappa shape index (κ3) is 4.85. The van der Waals surface area contributed by atoms with Crippen LogP contribution in [0.1, 0.15) is 34.8 Å². The molecule has 0 radical (unpaired) electrons. The number of amides is 2. The Morgan fingerprint density at radius 3 is 2.55 bits per heavy atom. The van der Waals surface area contributed by atoms with Crippen molar-refractivity contribution in [1.82, 2.24) is 15.3 Å². The number of carbonyl (C=O) groups excluding carboxylic acids is 2. The van der Waals surface area contributed by atoms with Crippen molar-refractivity contribution in [2.45, 2.75) is 26.8 Å². The SMILES string of the molecule is CCC(=O)N(C)c1ccc(-c2ccc(C(=O)NCc3cccnc3)cn2)cc1C. The van der Waals surface area contributed by atoms with Crippen molar-refractivity contribution in [3.05, 3.63) is 77.7 Å². The summed E-state index contributed by atoms with van der Waals surface area (Å²) in [6.07, 6.45) is 5.45. The molecule has 0 spiro atoms. The number of aryl methyl sites for hydroxylation is 1. The summed E-state index contributed by atoms with van der Waals surface area (Å²) in [4.78, 5) is 34.4. The summed E-state index contributed by atoms with van der Waals surface area (Å²) in [7, 11) is 1.78. The third-order valence-corrected chi connectivity index (χ3v) is 4.73. The zero-order valence-corrected chi connectivity index (χ0v) is 16.8. The van der Waals surface area contributed by atoms with Gasteiger partial charge in [-0.25, -0.2) is 0 Å². The van der Waals surface area contributed by atoms with Crippen molar-refractivity contribution in [2.24, 2.45) is 0 Å². The average molecular weight is 388 g/mol. The fourth-order valence-electron chi connectivity index (χ4n) is 3.05. The van der Waals surface area contributed by atoms with E-state index in [0.717, 1.165) is 28.1 Å². The molecule has 0 aliphatic carbocycles. The first kappa shape index (κ1) is 20.2. The Labute approximate surface area is 170 Å². The zero-order valence-electron chi connectivity index (χ0n) is 16.8. The molecule has 1 N–H and O–H groups in total. The second kappa shape index (κ2) is 9.10. The highest BCUT2D eigenvalue weighted by Gasteiger charge is 2.12. The van der Waals surface area contributed by atoms with Crippen LogP contribution in [0.5, 0.6) is 0 Å². The van der Waals surface area contributed by atoms with Gasteiger partial charge in [0.25, 0.3) is 5.91 Å². The molecule has 3 aromatic rings. The van der Waals surface area contributed by atoms with Crippen LogP contribution in [-0.4, -0.2) is 28.8 Å². The molecule has 0 saturated heterocycles. The molecule has 0 saturated carbocycles. The number of rotatable bonds is 6. The van der Waals surface area contributed by atoms with Gasteiger partial charge in [0.05, 0.1) is 11.3 Å². The van der Waals surface area contributed by atoms with Crippen molar-refractivity contribution in [2.75, 3.05) is 11.9 Å². The minimum absolute atomic E-state index is 0.0700. The number of hydrogen-bond donors (Lipinski definition) is 1. The number of pyridine rings is 2. The van der Waals surface area contributed by atoms with Crippen molar-refractivity contribution < 1.29 is 9.59 Å². The Hall–Kier alpha value is -3.54. The summed E-state index contributed by atoms with van der Waals surface area (Å²) in [5, 5.41) is 2.86. The molecule has 0 unspecified atom stereocenters. The van der Waals surface area contributed by atoms with Crippen LogP contribution < -0.4 is 10.2 Å². The standard InChI is InChI=1S/C23H24N4O2/c1-4-22(28)27(3)21-10-8-18(12-16(21)2)20-9-7-19(15-25-20)23(29)26-14-17-6-5-11-24-13-17/h5-13,15H,4,14H2,1-3H3,(H,26,29). The van der Waals surface area contributed by atoms with E-state index in [1.54, 1.807) is 36.6 Å². The summed E-state index contributed by atoms with van der Waals surface area (Å²) in [6.45, 7) is 4.23. The highest BCUT2D eigenvalue weighted by atomic mass is 16.2. The van der Waals surface area contributed by atoms with Gasteiger partial charge in [-0.3, -0.25) is 19.6 Å². The lowest BCUT2D eigenvalue weighted by Gasteiger charge is -2.19.